The Morgan fingerprint density at radius 1 is 1.12 bits per heavy atom. The fourth-order valence-corrected chi connectivity index (χ4v) is 1.59. The maximum atomic E-state index is 11.4. The van der Waals surface area contributed by atoms with E-state index in [2.05, 4.69) is 19.2 Å². The Kier molecular flexibility index (Phi) is 7.27. The third-order valence-electron chi connectivity index (χ3n) is 2.46. The van der Waals surface area contributed by atoms with Gasteiger partial charge in [0.15, 0.2) is 0 Å². The van der Waals surface area contributed by atoms with Crippen LogP contribution in [0.4, 0.5) is 0 Å². The van der Waals surface area contributed by atoms with Crippen molar-refractivity contribution in [1.29, 1.82) is 0 Å². The first-order chi connectivity index (χ1) is 7.72. The largest absolute Gasteiger partial charge is 0.355 e. The van der Waals surface area contributed by atoms with Crippen LogP contribution < -0.4 is 5.32 Å². The average Bonchev–Trinajstić information content (AvgIpc) is 2.39. The summed E-state index contributed by atoms with van der Waals surface area (Å²) in [5.74, 6) is -0.0117. The number of hydrogen-bond acceptors (Lipinski definition) is 1. The molecule has 0 unspecified atom stereocenters. The Hall–Kier alpha value is -1.31. The van der Waals surface area contributed by atoms with E-state index in [0.717, 1.165) is 18.4 Å². The fraction of sp³-hybridized carbons (Fsp3) is 0.500. The van der Waals surface area contributed by atoms with Gasteiger partial charge in [-0.1, -0.05) is 33.8 Å². The van der Waals surface area contributed by atoms with Gasteiger partial charge in [0.05, 0.1) is 0 Å². The zero-order chi connectivity index (χ0) is 12.6. The fourth-order valence-electron chi connectivity index (χ4n) is 1.59. The maximum Gasteiger partial charge on any atom is 0.251 e. The lowest BCUT2D eigenvalue weighted by Gasteiger charge is -2.07. The topological polar surface area (TPSA) is 29.1 Å². The van der Waals surface area contributed by atoms with E-state index < -0.39 is 0 Å². The zero-order valence-electron chi connectivity index (χ0n) is 11.1. The predicted molar refractivity (Wildman–Crippen MR) is 69.9 cm³/mol. The first kappa shape index (κ1) is 14.7. The van der Waals surface area contributed by atoms with Gasteiger partial charge in [-0.2, -0.15) is 0 Å². The molecule has 1 N–H and O–H groups in total. The van der Waals surface area contributed by atoms with Gasteiger partial charge in [0.2, 0.25) is 0 Å². The van der Waals surface area contributed by atoms with Crippen LogP contribution in [0.2, 0.25) is 0 Å². The number of carbonyl (C=O) groups excluding carboxylic acids is 1. The molecule has 1 aromatic rings. The number of nitrogens with one attached hydrogen (secondary N) is 1. The Bertz CT molecular complexity index is 332. The molecule has 0 saturated carbocycles. The standard InChI is InChI=1S/C12H17NO.C2H6/c1-4-9-6-7-11(12(14)13-3)8-10(9)5-2;1-2/h6-8H,4-5H2,1-3H3,(H,13,14);1-2H3. The molecule has 0 radical (unpaired) electrons. The molecule has 2 nitrogen and oxygen atoms in total. The summed E-state index contributed by atoms with van der Waals surface area (Å²) in [5.41, 5.74) is 3.36. The molecule has 0 saturated heterocycles. The van der Waals surface area contributed by atoms with Crippen LogP contribution in [0.5, 0.6) is 0 Å². The predicted octanol–water partition coefficient (Wildman–Crippen LogP) is 3.20. The van der Waals surface area contributed by atoms with Crippen molar-refractivity contribution in [2.75, 3.05) is 7.05 Å². The molecule has 0 atom stereocenters. The lowest BCUT2D eigenvalue weighted by molar-refractivity contribution is 0.0963. The van der Waals surface area contributed by atoms with Crippen LogP contribution in [-0.2, 0) is 12.8 Å². The Balaban J connectivity index is 0.00000106. The van der Waals surface area contributed by atoms with Crippen LogP contribution in [0.25, 0.3) is 0 Å². The van der Waals surface area contributed by atoms with Crippen LogP contribution in [0.3, 0.4) is 0 Å². The monoisotopic (exact) mass is 221 g/mol. The second kappa shape index (κ2) is 7.91. The quantitative estimate of drug-likeness (QED) is 0.834. The van der Waals surface area contributed by atoms with Crippen LogP contribution in [0.15, 0.2) is 18.2 Å². The molecule has 0 fully saturated rings. The van der Waals surface area contributed by atoms with Crippen molar-refractivity contribution in [1.82, 2.24) is 5.32 Å². The van der Waals surface area contributed by atoms with Crippen LogP contribution in [0.1, 0.15) is 49.2 Å². The van der Waals surface area contributed by atoms with Crippen LogP contribution >= 0.6 is 0 Å². The van der Waals surface area contributed by atoms with Gasteiger partial charge in [0.25, 0.3) is 5.91 Å². The van der Waals surface area contributed by atoms with Crippen molar-refractivity contribution in [3.8, 4) is 0 Å². The normalized spacial score (nSPS) is 9.06. The van der Waals surface area contributed by atoms with Gasteiger partial charge in [-0.25, -0.2) is 0 Å². The van der Waals surface area contributed by atoms with Gasteiger partial charge in [-0.15, -0.1) is 0 Å². The first-order valence-corrected chi connectivity index (χ1v) is 6.06. The van der Waals surface area contributed by atoms with E-state index in [9.17, 15) is 4.79 Å². The van der Waals surface area contributed by atoms with Crippen molar-refractivity contribution in [3.63, 3.8) is 0 Å². The molecule has 0 bridgehead atoms. The van der Waals surface area contributed by atoms with Gasteiger partial charge < -0.3 is 5.32 Å². The average molecular weight is 221 g/mol. The summed E-state index contributed by atoms with van der Waals surface area (Å²) in [6.07, 6.45) is 2.01. The number of carbonyl (C=O) groups is 1. The molecule has 1 amide bonds. The van der Waals surface area contributed by atoms with E-state index >= 15 is 0 Å². The zero-order valence-corrected chi connectivity index (χ0v) is 11.1. The first-order valence-electron chi connectivity index (χ1n) is 6.06. The summed E-state index contributed by atoms with van der Waals surface area (Å²) in [4.78, 5) is 11.4. The molecule has 0 aliphatic rings. The second-order valence-corrected chi connectivity index (χ2v) is 3.27. The molecular weight excluding hydrogens is 198 g/mol. The van der Waals surface area contributed by atoms with Gasteiger partial charge in [-0.05, 0) is 36.1 Å². The number of benzene rings is 1. The molecule has 0 aliphatic carbocycles. The van der Waals surface area contributed by atoms with E-state index in [1.54, 1.807) is 7.05 Å². The van der Waals surface area contributed by atoms with Crippen molar-refractivity contribution in [2.45, 2.75) is 40.5 Å². The van der Waals surface area contributed by atoms with Crippen molar-refractivity contribution >= 4 is 5.91 Å². The molecular formula is C14H23NO. The van der Waals surface area contributed by atoms with Crippen LogP contribution in [-0.4, -0.2) is 13.0 Å². The smallest absolute Gasteiger partial charge is 0.251 e. The van der Waals surface area contributed by atoms with Gasteiger partial charge >= 0.3 is 0 Å². The number of amides is 1. The summed E-state index contributed by atoms with van der Waals surface area (Å²) in [5, 5.41) is 2.63. The van der Waals surface area contributed by atoms with Crippen molar-refractivity contribution in [2.24, 2.45) is 0 Å². The Morgan fingerprint density at radius 3 is 2.12 bits per heavy atom. The van der Waals surface area contributed by atoms with E-state index in [-0.39, 0.29) is 5.91 Å². The molecule has 0 aliphatic heterocycles. The molecule has 1 aromatic carbocycles. The second-order valence-electron chi connectivity index (χ2n) is 3.27. The highest BCUT2D eigenvalue weighted by molar-refractivity contribution is 5.94. The summed E-state index contributed by atoms with van der Waals surface area (Å²) in [7, 11) is 1.65. The molecule has 0 aromatic heterocycles. The van der Waals surface area contributed by atoms with Crippen LogP contribution in [0, 0.1) is 0 Å². The molecule has 0 heterocycles. The lowest BCUT2D eigenvalue weighted by Crippen LogP contribution is -2.18. The van der Waals surface area contributed by atoms with E-state index in [0.29, 0.717) is 0 Å². The van der Waals surface area contributed by atoms with E-state index in [4.69, 9.17) is 0 Å². The van der Waals surface area contributed by atoms with Gasteiger partial charge in [0, 0.05) is 12.6 Å². The summed E-state index contributed by atoms with van der Waals surface area (Å²) in [6.45, 7) is 8.25. The summed E-state index contributed by atoms with van der Waals surface area (Å²) >= 11 is 0. The highest BCUT2D eigenvalue weighted by atomic mass is 16.1. The molecule has 2 heteroatoms. The minimum atomic E-state index is -0.0117. The van der Waals surface area contributed by atoms with Gasteiger partial charge in [0.1, 0.15) is 0 Å². The van der Waals surface area contributed by atoms with Gasteiger partial charge in [-0.3, -0.25) is 4.79 Å². The molecule has 0 spiro atoms. The Morgan fingerprint density at radius 2 is 1.69 bits per heavy atom. The molecule has 1 rings (SSSR count). The minimum Gasteiger partial charge on any atom is -0.355 e. The lowest BCUT2D eigenvalue weighted by atomic mass is 10.00. The Labute approximate surface area is 99.1 Å². The number of hydrogen-bond donors (Lipinski definition) is 1. The number of aryl methyl sites for hydroxylation is 2. The highest BCUT2D eigenvalue weighted by Gasteiger charge is 2.05. The number of rotatable bonds is 3. The molecule has 16 heavy (non-hydrogen) atoms. The highest BCUT2D eigenvalue weighted by Crippen LogP contribution is 2.13. The van der Waals surface area contributed by atoms with E-state index in [1.165, 1.54) is 11.1 Å². The minimum absolute atomic E-state index is 0.0117. The van der Waals surface area contributed by atoms with Crippen molar-refractivity contribution in [3.05, 3.63) is 34.9 Å². The van der Waals surface area contributed by atoms with E-state index in [1.807, 2.05) is 32.0 Å². The van der Waals surface area contributed by atoms with Crippen molar-refractivity contribution < 1.29 is 4.79 Å². The summed E-state index contributed by atoms with van der Waals surface area (Å²) in [6, 6.07) is 5.91. The third-order valence-corrected chi connectivity index (χ3v) is 2.46. The SMILES string of the molecule is CC.CCc1ccc(C(=O)NC)cc1CC. The molecule has 90 valence electrons. The third kappa shape index (κ3) is 3.69. The summed E-state index contributed by atoms with van der Waals surface area (Å²) < 4.78 is 0. The maximum absolute atomic E-state index is 11.4.